The van der Waals surface area contributed by atoms with Crippen LogP contribution in [0.5, 0.6) is 11.5 Å². The predicted molar refractivity (Wildman–Crippen MR) is 124 cm³/mol. The van der Waals surface area contributed by atoms with Crippen molar-refractivity contribution < 1.29 is 63.0 Å². The first-order valence-corrected chi connectivity index (χ1v) is 12.0. The SMILES string of the molecule is O=C(NCCCCCCCNC(=O)c1ccc(OC(F)(F)C(F)(F)F)cc1)c1ccc(OC(F)(F)C(F)(F)F)cc1. The summed E-state index contributed by atoms with van der Waals surface area (Å²) in [5.41, 5.74) is 0.0645. The number of hydrogen-bond donors (Lipinski definition) is 2. The lowest BCUT2D eigenvalue weighted by Crippen LogP contribution is -2.41. The molecule has 16 heteroatoms. The summed E-state index contributed by atoms with van der Waals surface area (Å²) in [7, 11) is 0. The van der Waals surface area contributed by atoms with Crippen LogP contribution >= 0.6 is 0 Å². The van der Waals surface area contributed by atoms with Gasteiger partial charge in [-0.15, -0.1) is 0 Å². The third kappa shape index (κ3) is 10.3. The fraction of sp³-hybridized carbons (Fsp3) is 0.440. The number of carbonyl (C=O) groups is 2. The Morgan fingerprint density at radius 2 is 0.805 bits per heavy atom. The minimum atomic E-state index is -5.89. The van der Waals surface area contributed by atoms with Gasteiger partial charge in [-0.1, -0.05) is 19.3 Å². The molecule has 2 rings (SSSR count). The number of rotatable bonds is 14. The molecule has 0 radical (unpaired) electrons. The summed E-state index contributed by atoms with van der Waals surface area (Å²) in [5.74, 6) is -2.65. The van der Waals surface area contributed by atoms with E-state index in [4.69, 9.17) is 0 Å². The average Bonchev–Trinajstić information content (AvgIpc) is 2.86. The Morgan fingerprint density at radius 1 is 0.512 bits per heavy atom. The number of ether oxygens (including phenoxy) is 2. The normalized spacial score (nSPS) is 12.5. The molecule has 0 spiro atoms. The summed E-state index contributed by atoms with van der Waals surface area (Å²) in [5, 5.41) is 5.16. The van der Waals surface area contributed by atoms with Crippen LogP contribution < -0.4 is 20.1 Å². The second-order valence-corrected chi connectivity index (χ2v) is 8.56. The van der Waals surface area contributed by atoms with Crippen molar-refractivity contribution in [1.29, 1.82) is 0 Å². The van der Waals surface area contributed by atoms with Crippen LogP contribution in [0, 0.1) is 0 Å². The first-order chi connectivity index (χ1) is 18.9. The molecule has 0 aromatic heterocycles. The van der Waals surface area contributed by atoms with Crippen LogP contribution in [0.3, 0.4) is 0 Å². The van der Waals surface area contributed by atoms with E-state index in [0.717, 1.165) is 55.0 Å². The van der Waals surface area contributed by atoms with Crippen LogP contribution in [0.4, 0.5) is 43.9 Å². The van der Waals surface area contributed by atoms with Crippen molar-refractivity contribution in [3.8, 4) is 11.5 Å². The van der Waals surface area contributed by atoms with E-state index in [9.17, 15) is 53.5 Å². The Bertz CT molecular complexity index is 1050. The first kappa shape index (κ1) is 33.5. The number of alkyl halides is 10. The summed E-state index contributed by atoms with van der Waals surface area (Å²) in [4.78, 5) is 24.1. The molecule has 228 valence electrons. The maximum absolute atomic E-state index is 12.9. The van der Waals surface area contributed by atoms with Crippen LogP contribution in [0.2, 0.25) is 0 Å². The molecular formula is C25H24F10N2O4. The van der Waals surface area contributed by atoms with Crippen molar-refractivity contribution in [3.63, 3.8) is 0 Å². The van der Waals surface area contributed by atoms with Gasteiger partial charge >= 0.3 is 24.6 Å². The molecule has 0 saturated carbocycles. The van der Waals surface area contributed by atoms with Gasteiger partial charge in [-0.25, -0.2) is 0 Å². The molecule has 0 aliphatic rings. The van der Waals surface area contributed by atoms with Gasteiger partial charge in [0.05, 0.1) is 0 Å². The molecular weight excluding hydrogens is 582 g/mol. The van der Waals surface area contributed by atoms with Gasteiger partial charge in [0.1, 0.15) is 11.5 Å². The zero-order chi connectivity index (χ0) is 30.9. The molecule has 2 aromatic rings. The Balaban J connectivity index is 1.59. The smallest absolute Gasteiger partial charge is 0.426 e. The minimum Gasteiger partial charge on any atom is -0.426 e. The van der Waals surface area contributed by atoms with Crippen LogP contribution in [0.1, 0.15) is 52.8 Å². The van der Waals surface area contributed by atoms with Crippen molar-refractivity contribution in [3.05, 3.63) is 59.7 Å². The molecule has 2 aromatic carbocycles. The molecule has 0 aliphatic heterocycles. The summed E-state index contributed by atoms with van der Waals surface area (Å²) >= 11 is 0. The van der Waals surface area contributed by atoms with E-state index < -0.39 is 47.9 Å². The first-order valence-electron chi connectivity index (χ1n) is 12.0. The molecule has 41 heavy (non-hydrogen) atoms. The largest absolute Gasteiger partial charge is 0.499 e. The Kier molecular flexibility index (Phi) is 11.2. The molecule has 0 heterocycles. The third-order valence-corrected chi connectivity index (χ3v) is 5.31. The Morgan fingerprint density at radius 3 is 1.10 bits per heavy atom. The van der Waals surface area contributed by atoms with Crippen LogP contribution in [0.25, 0.3) is 0 Å². The standard InChI is InChI=1S/C25H24F10N2O4/c26-22(27,28)24(32,33)40-18-10-6-16(7-11-18)20(38)36-14-4-2-1-3-5-15-37-21(39)17-8-12-19(13-9-17)41-25(34,35)23(29,30)31/h6-13H,1-5,14-15H2,(H,36,38)(H,37,39). The van der Waals surface area contributed by atoms with E-state index in [1.165, 1.54) is 0 Å². The van der Waals surface area contributed by atoms with Crippen LogP contribution in [-0.2, 0) is 0 Å². The molecule has 0 fully saturated rings. The lowest BCUT2D eigenvalue weighted by atomic mass is 10.1. The molecule has 0 unspecified atom stereocenters. The fourth-order valence-electron chi connectivity index (χ4n) is 3.15. The zero-order valence-electron chi connectivity index (χ0n) is 21.0. The average molecular weight is 606 g/mol. The number of amides is 2. The molecule has 6 nitrogen and oxygen atoms in total. The topological polar surface area (TPSA) is 76.7 Å². The monoisotopic (exact) mass is 606 g/mol. The van der Waals surface area contributed by atoms with Crippen molar-refractivity contribution in [1.82, 2.24) is 10.6 Å². The highest BCUT2D eigenvalue weighted by Crippen LogP contribution is 2.38. The van der Waals surface area contributed by atoms with Crippen molar-refractivity contribution >= 4 is 11.8 Å². The van der Waals surface area contributed by atoms with Crippen LogP contribution in [0.15, 0.2) is 48.5 Å². The quantitative estimate of drug-likeness (QED) is 0.182. The second kappa shape index (κ2) is 13.8. The number of hydrogen-bond acceptors (Lipinski definition) is 4. The van der Waals surface area contributed by atoms with E-state index in [0.29, 0.717) is 25.7 Å². The molecule has 2 amide bonds. The van der Waals surface area contributed by atoms with Gasteiger partial charge in [0, 0.05) is 24.2 Å². The van der Waals surface area contributed by atoms with Crippen molar-refractivity contribution in [2.75, 3.05) is 13.1 Å². The maximum Gasteiger partial charge on any atom is 0.499 e. The predicted octanol–water partition coefficient (Wildman–Crippen LogP) is 6.86. The highest BCUT2D eigenvalue weighted by atomic mass is 19.4. The molecule has 0 atom stereocenters. The van der Waals surface area contributed by atoms with Gasteiger partial charge in [-0.2, -0.15) is 43.9 Å². The highest BCUT2D eigenvalue weighted by molar-refractivity contribution is 5.94. The van der Waals surface area contributed by atoms with E-state index in [2.05, 4.69) is 20.1 Å². The fourth-order valence-corrected chi connectivity index (χ4v) is 3.15. The Labute approximate surface area is 227 Å². The third-order valence-electron chi connectivity index (χ3n) is 5.31. The molecule has 0 aliphatic carbocycles. The van der Waals surface area contributed by atoms with E-state index in [-0.39, 0.29) is 24.2 Å². The van der Waals surface area contributed by atoms with E-state index in [1.807, 2.05) is 0 Å². The Hall–Kier alpha value is -3.72. The number of unbranched alkanes of at least 4 members (excludes halogenated alkanes) is 4. The minimum absolute atomic E-state index is 0.0322. The highest BCUT2D eigenvalue weighted by Gasteiger charge is 2.62. The van der Waals surface area contributed by atoms with Gasteiger partial charge in [0.15, 0.2) is 0 Å². The summed E-state index contributed by atoms with van der Waals surface area (Å²) in [6.07, 6.45) is -19.2. The summed E-state index contributed by atoms with van der Waals surface area (Å²) < 4.78 is 132. The van der Waals surface area contributed by atoms with Crippen molar-refractivity contribution in [2.45, 2.75) is 56.7 Å². The molecule has 0 bridgehead atoms. The molecule has 0 saturated heterocycles. The number of carbonyl (C=O) groups excluding carboxylic acids is 2. The number of nitrogens with one attached hydrogen (secondary N) is 2. The second-order valence-electron chi connectivity index (χ2n) is 8.56. The number of halogens is 10. The van der Waals surface area contributed by atoms with Gasteiger partial charge in [-0.3, -0.25) is 9.59 Å². The lowest BCUT2D eigenvalue weighted by Gasteiger charge is -2.20. The van der Waals surface area contributed by atoms with E-state index >= 15 is 0 Å². The maximum atomic E-state index is 12.9. The van der Waals surface area contributed by atoms with Gasteiger partial charge < -0.3 is 20.1 Å². The van der Waals surface area contributed by atoms with Crippen LogP contribution in [-0.4, -0.2) is 49.5 Å². The van der Waals surface area contributed by atoms with Crippen molar-refractivity contribution in [2.24, 2.45) is 0 Å². The lowest BCUT2D eigenvalue weighted by molar-refractivity contribution is -0.360. The summed E-state index contributed by atoms with van der Waals surface area (Å²) in [6.45, 7) is 0.545. The van der Waals surface area contributed by atoms with Gasteiger partial charge in [-0.05, 0) is 61.4 Å². The van der Waals surface area contributed by atoms with E-state index in [1.54, 1.807) is 0 Å². The van der Waals surface area contributed by atoms with Gasteiger partial charge in [0.25, 0.3) is 11.8 Å². The summed E-state index contributed by atoms with van der Waals surface area (Å²) in [6, 6.07) is 7.43. The zero-order valence-corrected chi connectivity index (χ0v) is 21.0. The molecule has 2 N–H and O–H groups in total. The number of benzene rings is 2. The van der Waals surface area contributed by atoms with Gasteiger partial charge in [0.2, 0.25) is 0 Å².